The molecule has 198 valence electrons. The maximum absolute atomic E-state index is 14.0. The minimum Gasteiger partial charge on any atom is -0.475 e. The Morgan fingerprint density at radius 1 is 0.946 bits per heavy atom. The van der Waals surface area contributed by atoms with Gasteiger partial charge in [0.1, 0.15) is 17.5 Å². The van der Waals surface area contributed by atoms with E-state index in [4.69, 9.17) is 19.9 Å². The van der Waals surface area contributed by atoms with Crippen molar-refractivity contribution >= 4 is 28.6 Å². The summed E-state index contributed by atoms with van der Waals surface area (Å²) >= 11 is 0. The van der Waals surface area contributed by atoms with Crippen molar-refractivity contribution in [3.05, 3.63) is 59.4 Å². The highest BCUT2D eigenvalue weighted by Gasteiger charge is 2.38. The standard InChI is InChI=1S/C23H23F3N4.C2HF3O2/c24-16-2-1-15(19(26)12-16)11-14-7-9-30(10-8-14)23-22(27-18-4-5-18)28-20-6-3-17(25)13-21(20)29-23;3-2(4,5)1(6)7/h1-3,6,12-14,18H,4-5,7-11H2,(H,27,28);(H,6,7). The topological polar surface area (TPSA) is 78.4 Å². The van der Waals surface area contributed by atoms with E-state index >= 15 is 0 Å². The van der Waals surface area contributed by atoms with Crippen molar-refractivity contribution < 1.29 is 36.2 Å². The van der Waals surface area contributed by atoms with E-state index in [0.717, 1.165) is 56.5 Å². The van der Waals surface area contributed by atoms with Gasteiger partial charge < -0.3 is 15.3 Å². The summed E-state index contributed by atoms with van der Waals surface area (Å²) in [4.78, 5) is 20.5. The first-order valence-corrected chi connectivity index (χ1v) is 11.7. The van der Waals surface area contributed by atoms with Crippen molar-refractivity contribution in [2.75, 3.05) is 23.3 Å². The van der Waals surface area contributed by atoms with E-state index in [1.807, 2.05) is 0 Å². The lowest BCUT2D eigenvalue weighted by Crippen LogP contribution is -2.35. The molecule has 1 aliphatic heterocycles. The second kappa shape index (κ2) is 10.8. The van der Waals surface area contributed by atoms with Gasteiger partial charge in [-0.3, -0.25) is 0 Å². The summed E-state index contributed by atoms with van der Waals surface area (Å²) in [5.74, 6) is -2.28. The van der Waals surface area contributed by atoms with Crippen LogP contribution in [0.3, 0.4) is 0 Å². The van der Waals surface area contributed by atoms with E-state index < -0.39 is 23.8 Å². The molecule has 1 aromatic heterocycles. The van der Waals surface area contributed by atoms with E-state index in [1.54, 1.807) is 6.07 Å². The number of carboxylic acid groups (broad SMARTS) is 1. The van der Waals surface area contributed by atoms with Crippen LogP contribution >= 0.6 is 0 Å². The predicted octanol–water partition coefficient (Wildman–Crippen LogP) is 5.71. The summed E-state index contributed by atoms with van der Waals surface area (Å²) in [5.41, 5.74) is 1.78. The number of nitrogens with one attached hydrogen (secondary N) is 1. The third-order valence-corrected chi connectivity index (χ3v) is 6.21. The van der Waals surface area contributed by atoms with Crippen LogP contribution in [0, 0.1) is 23.4 Å². The highest BCUT2D eigenvalue weighted by atomic mass is 19.4. The highest BCUT2D eigenvalue weighted by molar-refractivity contribution is 5.81. The number of fused-ring (bicyclic) bond motifs is 1. The zero-order valence-corrected chi connectivity index (χ0v) is 19.5. The van der Waals surface area contributed by atoms with Gasteiger partial charge in [0.05, 0.1) is 11.0 Å². The SMILES string of the molecule is Fc1ccc(CC2CCN(c3nc4cc(F)ccc4nc3NC3CC3)CC2)c(F)c1.O=C(O)C(F)(F)F. The molecule has 1 saturated carbocycles. The van der Waals surface area contributed by atoms with Crippen LogP contribution < -0.4 is 10.2 Å². The second-order valence-electron chi connectivity index (χ2n) is 9.12. The number of carboxylic acids is 1. The quantitative estimate of drug-likeness (QED) is 0.415. The van der Waals surface area contributed by atoms with Crippen molar-refractivity contribution in [2.45, 2.75) is 44.3 Å². The number of nitrogens with zero attached hydrogens (tertiary/aromatic N) is 3. The monoisotopic (exact) mass is 526 g/mol. The van der Waals surface area contributed by atoms with Crippen LogP contribution in [0.4, 0.5) is 38.0 Å². The number of anilines is 2. The molecular formula is C25H24F6N4O2. The Labute approximate surface area is 208 Å². The fourth-order valence-electron chi connectivity index (χ4n) is 4.10. The average molecular weight is 526 g/mol. The summed E-state index contributed by atoms with van der Waals surface area (Å²) in [7, 11) is 0. The predicted molar refractivity (Wildman–Crippen MR) is 125 cm³/mol. The molecule has 6 nitrogen and oxygen atoms in total. The van der Waals surface area contributed by atoms with Gasteiger partial charge in [-0.1, -0.05) is 6.07 Å². The van der Waals surface area contributed by atoms with Crippen molar-refractivity contribution in [2.24, 2.45) is 5.92 Å². The first kappa shape index (κ1) is 26.5. The molecule has 2 heterocycles. The summed E-state index contributed by atoms with van der Waals surface area (Å²) in [6.07, 6.45) is -0.491. The fourth-order valence-corrected chi connectivity index (χ4v) is 4.10. The van der Waals surface area contributed by atoms with Crippen LogP contribution in [-0.4, -0.2) is 46.4 Å². The highest BCUT2D eigenvalue weighted by Crippen LogP contribution is 2.33. The minimum absolute atomic E-state index is 0.326. The number of aromatic nitrogens is 2. The fraction of sp³-hybridized carbons (Fsp3) is 0.400. The molecule has 0 spiro atoms. The summed E-state index contributed by atoms with van der Waals surface area (Å²) in [6.45, 7) is 1.53. The van der Waals surface area contributed by atoms with Gasteiger partial charge in [0.2, 0.25) is 0 Å². The Morgan fingerprint density at radius 2 is 1.57 bits per heavy atom. The van der Waals surface area contributed by atoms with Crippen LogP contribution in [0.25, 0.3) is 11.0 Å². The smallest absolute Gasteiger partial charge is 0.475 e. The maximum Gasteiger partial charge on any atom is 0.490 e. The van der Waals surface area contributed by atoms with Crippen LogP contribution in [-0.2, 0) is 11.2 Å². The third-order valence-electron chi connectivity index (χ3n) is 6.21. The van der Waals surface area contributed by atoms with Crippen molar-refractivity contribution in [3.8, 4) is 0 Å². The Bertz CT molecular complexity index is 1270. The normalized spacial score (nSPS) is 16.3. The first-order chi connectivity index (χ1) is 17.5. The number of rotatable bonds is 5. The van der Waals surface area contributed by atoms with Crippen molar-refractivity contribution in [1.29, 1.82) is 0 Å². The zero-order chi connectivity index (χ0) is 26.7. The van der Waals surface area contributed by atoms with Gasteiger partial charge in [0.25, 0.3) is 0 Å². The van der Waals surface area contributed by atoms with Gasteiger partial charge in [0, 0.05) is 31.3 Å². The molecule has 1 saturated heterocycles. The van der Waals surface area contributed by atoms with Crippen LogP contribution in [0.1, 0.15) is 31.2 Å². The van der Waals surface area contributed by atoms with Crippen molar-refractivity contribution in [1.82, 2.24) is 9.97 Å². The molecule has 37 heavy (non-hydrogen) atoms. The molecule has 2 aliphatic rings. The van der Waals surface area contributed by atoms with E-state index in [1.165, 1.54) is 24.3 Å². The van der Waals surface area contributed by atoms with Gasteiger partial charge >= 0.3 is 12.1 Å². The molecule has 2 fully saturated rings. The molecule has 3 aromatic rings. The molecule has 5 rings (SSSR count). The van der Waals surface area contributed by atoms with Gasteiger partial charge in [-0.15, -0.1) is 0 Å². The molecule has 0 amide bonds. The lowest BCUT2D eigenvalue weighted by molar-refractivity contribution is -0.192. The van der Waals surface area contributed by atoms with E-state index in [0.29, 0.717) is 35.0 Å². The number of alkyl halides is 3. The Kier molecular flexibility index (Phi) is 7.74. The lowest BCUT2D eigenvalue weighted by Gasteiger charge is -2.34. The van der Waals surface area contributed by atoms with Gasteiger partial charge in [-0.25, -0.2) is 27.9 Å². The number of hydrogen-bond donors (Lipinski definition) is 2. The number of benzene rings is 2. The van der Waals surface area contributed by atoms with Crippen molar-refractivity contribution in [3.63, 3.8) is 0 Å². The summed E-state index contributed by atoms with van der Waals surface area (Å²) in [6, 6.07) is 8.70. The van der Waals surface area contributed by atoms with Crippen LogP contribution in [0.15, 0.2) is 36.4 Å². The van der Waals surface area contributed by atoms with Crippen LogP contribution in [0.5, 0.6) is 0 Å². The molecule has 12 heteroatoms. The average Bonchev–Trinajstić information content (AvgIpc) is 3.65. The molecule has 0 bridgehead atoms. The van der Waals surface area contributed by atoms with E-state index in [2.05, 4.69) is 10.2 Å². The first-order valence-electron chi connectivity index (χ1n) is 11.7. The minimum atomic E-state index is -5.08. The van der Waals surface area contributed by atoms with Crippen LogP contribution in [0.2, 0.25) is 0 Å². The summed E-state index contributed by atoms with van der Waals surface area (Å²) < 4.78 is 72.6. The Morgan fingerprint density at radius 3 is 2.16 bits per heavy atom. The molecule has 2 aromatic carbocycles. The zero-order valence-electron chi connectivity index (χ0n) is 19.5. The maximum atomic E-state index is 14.0. The molecule has 0 unspecified atom stereocenters. The Hall–Kier alpha value is -3.57. The van der Waals surface area contributed by atoms with Gasteiger partial charge in [0.15, 0.2) is 11.6 Å². The van der Waals surface area contributed by atoms with Gasteiger partial charge in [-0.05, 0) is 61.8 Å². The number of aliphatic carboxylic acids is 1. The van der Waals surface area contributed by atoms with E-state index in [9.17, 15) is 26.3 Å². The summed E-state index contributed by atoms with van der Waals surface area (Å²) in [5, 5.41) is 10.6. The molecule has 0 atom stereocenters. The lowest BCUT2D eigenvalue weighted by atomic mass is 9.90. The number of hydrogen-bond acceptors (Lipinski definition) is 5. The number of carbonyl (C=O) groups is 1. The largest absolute Gasteiger partial charge is 0.490 e. The molecule has 0 radical (unpaired) electrons. The second-order valence-corrected chi connectivity index (χ2v) is 9.12. The molecule has 2 N–H and O–H groups in total. The number of piperidine rings is 1. The number of halogens is 6. The molecular weight excluding hydrogens is 502 g/mol. The van der Waals surface area contributed by atoms with E-state index in [-0.39, 0.29) is 5.82 Å². The van der Waals surface area contributed by atoms with Gasteiger partial charge in [-0.2, -0.15) is 13.2 Å². The molecule has 1 aliphatic carbocycles. The Balaban J connectivity index is 0.000000405. The third kappa shape index (κ3) is 7.01.